The van der Waals surface area contributed by atoms with Gasteiger partial charge in [0.15, 0.2) is 6.10 Å². The Labute approximate surface area is 80.9 Å². The van der Waals surface area contributed by atoms with Crippen molar-refractivity contribution < 1.29 is 14.3 Å². The van der Waals surface area contributed by atoms with E-state index in [2.05, 4.69) is 5.32 Å². The molecule has 0 spiro atoms. The van der Waals surface area contributed by atoms with Crippen LogP contribution in [0.25, 0.3) is 0 Å². The summed E-state index contributed by atoms with van der Waals surface area (Å²) in [7, 11) is 0. The normalized spacial score (nSPS) is 19.2. The van der Waals surface area contributed by atoms with Crippen molar-refractivity contribution in [1.29, 1.82) is 0 Å². The second-order valence-corrected chi connectivity index (χ2v) is 3.12. The van der Waals surface area contributed by atoms with Crippen LogP contribution in [0.15, 0.2) is 18.2 Å². The highest BCUT2D eigenvalue weighted by Crippen LogP contribution is 2.29. The average molecular weight is 191 g/mol. The molecule has 2 rings (SSSR count). The lowest BCUT2D eigenvalue weighted by molar-refractivity contribution is -0.122. The predicted octanol–water partition coefficient (Wildman–Crippen LogP) is 1.22. The van der Waals surface area contributed by atoms with Gasteiger partial charge in [-0.3, -0.25) is 9.59 Å². The van der Waals surface area contributed by atoms with Gasteiger partial charge in [0.05, 0.1) is 5.69 Å². The van der Waals surface area contributed by atoms with Gasteiger partial charge in [0.1, 0.15) is 12.0 Å². The van der Waals surface area contributed by atoms with E-state index >= 15 is 0 Å². The summed E-state index contributed by atoms with van der Waals surface area (Å²) in [6, 6.07) is 4.91. The zero-order valence-electron chi connectivity index (χ0n) is 7.61. The van der Waals surface area contributed by atoms with E-state index in [4.69, 9.17) is 4.74 Å². The third-order valence-electron chi connectivity index (χ3n) is 2.07. The van der Waals surface area contributed by atoms with Gasteiger partial charge >= 0.3 is 0 Å². The maximum Gasteiger partial charge on any atom is 0.265 e. The van der Waals surface area contributed by atoms with Gasteiger partial charge in [0, 0.05) is 5.56 Å². The maximum absolute atomic E-state index is 11.2. The van der Waals surface area contributed by atoms with Crippen molar-refractivity contribution in [3.05, 3.63) is 23.8 Å². The first-order valence-electron chi connectivity index (χ1n) is 4.27. The Morgan fingerprint density at radius 3 is 3.00 bits per heavy atom. The molecule has 0 fully saturated rings. The Morgan fingerprint density at radius 2 is 2.29 bits per heavy atom. The van der Waals surface area contributed by atoms with Gasteiger partial charge in [0.25, 0.3) is 5.91 Å². The summed E-state index contributed by atoms with van der Waals surface area (Å²) < 4.78 is 5.32. The number of rotatable bonds is 1. The minimum atomic E-state index is -0.482. The number of anilines is 1. The summed E-state index contributed by atoms with van der Waals surface area (Å²) in [5.74, 6) is 0.406. The van der Waals surface area contributed by atoms with Gasteiger partial charge in [-0.15, -0.1) is 0 Å². The van der Waals surface area contributed by atoms with Gasteiger partial charge in [-0.2, -0.15) is 0 Å². The number of benzene rings is 1. The second-order valence-electron chi connectivity index (χ2n) is 3.12. The molecule has 1 heterocycles. The highest BCUT2D eigenvalue weighted by Gasteiger charge is 2.23. The Hall–Kier alpha value is -1.84. The lowest BCUT2D eigenvalue weighted by Gasteiger charge is -2.23. The van der Waals surface area contributed by atoms with Crippen LogP contribution in [0.2, 0.25) is 0 Å². The molecule has 1 atom stereocenters. The van der Waals surface area contributed by atoms with Gasteiger partial charge in [-0.1, -0.05) is 0 Å². The molecule has 0 aliphatic carbocycles. The number of amides is 1. The van der Waals surface area contributed by atoms with Gasteiger partial charge in [0.2, 0.25) is 0 Å². The minimum absolute atomic E-state index is 0.194. The van der Waals surface area contributed by atoms with Crippen molar-refractivity contribution in [2.24, 2.45) is 0 Å². The SMILES string of the molecule is C[C@H]1Oc2ccc(C=O)cc2NC1=O. The number of carbonyl (C=O) groups excluding carboxylic acids is 2. The lowest BCUT2D eigenvalue weighted by atomic mass is 10.1. The van der Waals surface area contributed by atoms with Crippen molar-refractivity contribution in [3.8, 4) is 5.75 Å². The van der Waals surface area contributed by atoms with E-state index in [9.17, 15) is 9.59 Å². The van der Waals surface area contributed by atoms with E-state index in [1.807, 2.05) is 0 Å². The number of carbonyl (C=O) groups is 2. The molecule has 0 bridgehead atoms. The molecule has 4 heteroatoms. The quantitative estimate of drug-likeness (QED) is 0.679. The topological polar surface area (TPSA) is 55.4 Å². The van der Waals surface area contributed by atoms with Crippen molar-refractivity contribution in [2.75, 3.05) is 5.32 Å². The number of aldehydes is 1. The number of ether oxygens (including phenoxy) is 1. The Bertz CT molecular complexity index is 400. The number of fused-ring (bicyclic) bond motifs is 1. The molecule has 1 aromatic carbocycles. The van der Waals surface area contributed by atoms with E-state index in [0.29, 0.717) is 17.0 Å². The summed E-state index contributed by atoms with van der Waals surface area (Å²) in [4.78, 5) is 21.7. The van der Waals surface area contributed by atoms with Crippen LogP contribution in [0.5, 0.6) is 5.75 Å². The summed E-state index contributed by atoms with van der Waals surface area (Å²) in [6.07, 6.45) is 0.245. The van der Waals surface area contributed by atoms with Gasteiger partial charge < -0.3 is 10.1 Å². The van der Waals surface area contributed by atoms with E-state index in [1.165, 1.54) is 0 Å². The van der Waals surface area contributed by atoms with Crippen LogP contribution < -0.4 is 10.1 Å². The van der Waals surface area contributed by atoms with Crippen LogP contribution in [0.4, 0.5) is 5.69 Å². The lowest BCUT2D eigenvalue weighted by Crippen LogP contribution is -2.34. The second kappa shape index (κ2) is 3.14. The molecule has 1 aromatic rings. The standard InChI is InChI=1S/C10H9NO3/c1-6-10(13)11-8-4-7(5-12)2-3-9(8)14-6/h2-6H,1H3,(H,11,13)/t6-/m1/s1. The van der Waals surface area contributed by atoms with Crippen LogP contribution in [0.3, 0.4) is 0 Å². The zero-order chi connectivity index (χ0) is 10.1. The first-order chi connectivity index (χ1) is 6.70. The third kappa shape index (κ3) is 1.35. The molecule has 1 amide bonds. The Kier molecular flexibility index (Phi) is 1.96. The summed E-state index contributed by atoms with van der Waals surface area (Å²) in [5.41, 5.74) is 1.07. The third-order valence-corrected chi connectivity index (χ3v) is 2.07. The highest BCUT2D eigenvalue weighted by molar-refractivity contribution is 5.98. The fourth-order valence-corrected chi connectivity index (χ4v) is 1.30. The highest BCUT2D eigenvalue weighted by atomic mass is 16.5. The number of hydrogen-bond acceptors (Lipinski definition) is 3. The molecule has 0 aromatic heterocycles. The van der Waals surface area contributed by atoms with Crippen LogP contribution in [0.1, 0.15) is 17.3 Å². The number of nitrogens with one attached hydrogen (secondary N) is 1. The van der Waals surface area contributed by atoms with Crippen LogP contribution in [-0.4, -0.2) is 18.3 Å². The van der Waals surface area contributed by atoms with Crippen LogP contribution >= 0.6 is 0 Å². The van der Waals surface area contributed by atoms with E-state index in [1.54, 1.807) is 25.1 Å². The molecular formula is C10H9NO3. The van der Waals surface area contributed by atoms with E-state index < -0.39 is 6.10 Å². The molecule has 0 radical (unpaired) electrons. The largest absolute Gasteiger partial charge is 0.479 e. The molecule has 1 N–H and O–H groups in total. The monoisotopic (exact) mass is 191 g/mol. The predicted molar refractivity (Wildman–Crippen MR) is 50.5 cm³/mol. The summed E-state index contributed by atoms with van der Waals surface area (Å²) >= 11 is 0. The minimum Gasteiger partial charge on any atom is -0.479 e. The van der Waals surface area contributed by atoms with Crippen molar-refractivity contribution in [3.63, 3.8) is 0 Å². The van der Waals surface area contributed by atoms with Crippen LogP contribution in [0, 0.1) is 0 Å². The molecule has 72 valence electrons. The molecular weight excluding hydrogens is 182 g/mol. The molecule has 0 saturated heterocycles. The fraction of sp³-hybridized carbons (Fsp3) is 0.200. The first kappa shape index (κ1) is 8.74. The fourth-order valence-electron chi connectivity index (χ4n) is 1.30. The average Bonchev–Trinajstić information content (AvgIpc) is 2.19. The molecule has 1 aliphatic rings. The summed E-state index contributed by atoms with van der Waals surface area (Å²) in [6.45, 7) is 1.67. The number of hydrogen-bond donors (Lipinski definition) is 1. The molecule has 1 aliphatic heterocycles. The molecule has 4 nitrogen and oxygen atoms in total. The smallest absolute Gasteiger partial charge is 0.265 e. The molecule has 0 saturated carbocycles. The van der Waals surface area contributed by atoms with Gasteiger partial charge in [-0.05, 0) is 25.1 Å². The summed E-state index contributed by atoms with van der Waals surface area (Å²) in [5, 5.41) is 2.66. The molecule has 0 unspecified atom stereocenters. The Balaban J connectivity index is 2.42. The first-order valence-corrected chi connectivity index (χ1v) is 4.27. The molecule has 14 heavy (non-hydrogen) atoms. The van der Waals surface area contributed by atoms with Crippen molar-refractivity contribution in [1.82, 2.24) is 0 Å². The van der Waals surface area contributed by atoms with Gasteiger partial charge in [-0.25, -0.2) is 0 Å². The maximum atomic E-state index is 11.2. The van der Waals surface area contributed by atoms with Crippen molar-refractivity contribution >= 4 is 17.9 Å². The van der Waals surface area contributed by atoms with Crippen molar-refractivity contribution in [2.45, 2.75) is 13.0 Å². The van der Waals surface area contributed by atoms with E-state index in [0.717, 1.165) is 6.29 Å². The Morgan fingerprint density at radius 1 is 1.50 bits per heavy atom. The zero-order valence-corrected chi connectivity index (χ0v) is 7.61. The van der Waals surface area contributed by atoms with E-state index in [-0.39, 0.29) is 5.91 Å². The van der Waals surface area contributed by atoms with Crippen LogP contribution in [-0.2, 0) is 4.79 Å².